The molecule has 0 spiro atoms. The number of nitrogens with one attached hydrogen (secondary N) is 3. The molecule has 3 N–H and O–H groups in total. The average molecular weight is 615 g/mol. The molecule has 1 aliphatic carbocycles. The largest absolute Gasteiger partial charge is 0.497 e. The molecule has 230 valence electrons. The fourth-order valence-electron chi connectivity index (χ4n) is 3.82. The molecule has 0 aromatic carbocycles. The number of hydrogen-bond acceptors (Lipinski definition) is 9. The summed E-state index contributed by atoms with van der Waals surface area (Å²) in [6.45, 7) is 8.00. The second-order valence-corrected chi connectivity index (χ2v) is 9.91. The van der Waals surface area contributed by atoms with E-state index in [1.165, 1.54) is 61.3 Å². The van der Waals surface area contributed by atoms with Crippen molar-refractivity contribution in [2.24, 2.45) is 5.92 Å². The van der Waals surface area contributed by atoms with E-state index in [1.807, 2.05) is 27.7 Å². The van der Waals surface area contributed by atoms with Gasteiger partial charge in [0.1, 0.15) is 33.9 Å². The Morgan fingerprint density at radius 3 is 2.42 bits per heavy atom. The number of methoxy groups -OCH3 is 2. The molecule has 3 aromatic heterocycles. The SMILES string of the molecule is CC.CC.COc1ccn(-c2cc(-c3cc(C(F)F)ncc3OC)c(C(=O)NC3NNC(C#CC4CC4)S3)cn2)c(=O)c1. The van der Waals surface area contributed by atoms with Crippen molar-refractivity contribution >= 4 is 17.7 Å². The molecule has 13 heteroatoms. The topological polar surface area (TPSA) is 119 Å². The highest BCUT2D eigenvalue weighted by atomic mass is 32.2. The van der Waals surface area contributed by atoms with Crippen molar-refractivity contribution in [2.75, 3.05) is 14.2 Å². The van der Waals surface area contributed by atoms with E-state index in [9.17, 15) is 18.4 Å². The summed E-state index contributed by atoms with van der Waals surface area (Å²) in [4.78, 5) is 34.2. The van der Waals surface area contributed by atoms with Crippen LogP contribution < -0.4 is 31.2 Å². The predicted octanol–water partition coefficient (Wildman–Crippen LogP) is 4.90. The number of nitrogens with zero attached hydrogens (tertiary/aromatic N) is 3. The number of alkyl halides is 2. The third-order valence-electron chi connectivity index (χ3n) is 6.01. The summed E-state index contributed by atoms with van der Waals surface area (Å²) in [5, 5.41) is 2.65. The lowest BCUT2D eigenvalue weighted by atomic mass is 10.00. The number of rotatable bonds is 7. The number of hydrogen-bond donors (Lipinski definition) is 3. The molecular formula is C30H36F2N6O4S. The minimum Gasteiger partial charge on any atom is -0.497 e. The molecule has 2 unspecified atom stereocenters. The molecule has 0 radical (unpaired) electrons. The van der Waals surface area contributed by atoms with E-state index in [4.69, 9.17) is 9.47 Å². The maximum absolute atomic E-state index is 13.6. The summed E-state index contributed by atoms with van der Waals surface area (Å²) in [6, 6.07) is 5.48. The quantitative estimate of drug-likeness (QED) is 0.320. The Kier molecular flexibility index (Phi) is 12.5. The Morgan fingerprint density at radius 2 is 1.79 bits per heavy atom. The zero-order valence-electron chi connectivity index (χ0n) is 24.9. The molecule has 5 rings (SSSR count). The van der Waals surface area contributed by atoms with E-state index in [0.29, 0.717) is 11.7 Å². The van der Waals surface area contributed by atoms with Gasteiger partial charge in [-0.3, -0.25) is 19.1 Å². The third-order valence-corrected chi connectivity index (χ3v) is 7.02. The van der Waals surface area contributed by atoms with Crippen LogP contribution in [0.5, 0.6) is 11.5 Å². The summed E-state index contributed by atoms with van der Waals surface area (Å²) in [7, 11) is 2.81. The van der Waals surface area contributed by atoms with Gasteiger partial charge in [-0.1, -0.05) is 51.3 Å². The molecule has 2 fully saturated rings. The molecule has 4 heterocycles. The molecule has 2 atom stereocenters. The molecule has 43 heavy (non-hydrogen) atoms. The normalized spacial score (nSPS) is 17.0. The molecule has 0 bridgehead atoms. The van der Waals surface area contributed by atoms with Crippen LogP contribution >= 0.6 is 11.8 Å². The molecule has 2 aliphatic rings. The van der Waals surface area contributed by atoms with Gasteiger partial charge in [0.05, 0.1) is 26.0 Å². The van der Waals surface area contributed by atoms with Gasteiger partial charge < -0.3 is 14.8 Å². The first-order valence-corrected chi connectivity index (χ1v) is 14.9. The van der Waals surface area contributed by atoms with Crippen molar-refractivity contribution in [3.05, 3.63) is 64.5 Å². The van der Waals surface area contributed by atoms with Gasteiger partial charge in [-0.25, -0.2) is 24.6 Å². The predicted molar refractivity (Wildman–Crippen MR) is 163 cm³/mol. The summed E-state index contributed by atoms with van der Waals surface area (Å²) in [6.07, 6.45) is 3.29. The average Bonchev–Trinajstić information content (AvgIpc) is 3.78. The summed E-state index contributed by atoms with van der Waals surface area (Å²) >= 11 is 1.39. The lowest BCUT2D eigenvalue weighted by Gasteiger charge is -2.17. The van der Waals surface area contributed by atoms with Crippen LogP contribution in [0.25, 0.3) is 16.9 Å². The Balaban J connectivity index is 0.00000121. The number of pyridine rings is 3. The lowest BCUT2D eigenvalue weighted by Crippen LogP contribution is -2.43. The molecule has 1 saturated carbocycles. The highest BCUT2D eigenvalue weighted by molar-refractivity contribution is 8.00. The van der Waals surface area contributed by atoms with Gasteiger partial charge in [0.25, 0.3) is 17.9 Å². The smallest absolute Gasteiger partial charge is 0.280 e. The number of thioether (sulfide) groups is 1. The van der Waals surface area contributed by atoms with Crippen LogP contribution in [-0.4, -0.2) is 45.5 Å². The third kappa shape index (κ3) is 8.53. The molecule has 3 aromatic rings. The molecule has 1 saturated heterocycles. The molecular weight excluding hydrogens is 578 g/mol. The van der Waals surface area contributed by atoms with E-state index in [1.54, 1.807) is 6.07 Å². The number of ether oxygens (including phenoxy) is 2. The van der Waals surface area contributed by atoms with Crippen molar-refractivity contribution < 1.29 is 23.0 Å². The number of carbonyl (C=O) groups excluding carboxylic acids is 1. The second kappa shape index (κ2) is 16.0. The lowest BCUT2D eigenvalue weighted by molar-refractivity contribution is 0.0945. The Morgan fingerprint density at radius 1 is 1.05 bits per heavy atom. The zero-order valence-corrected chi connectivity index (χ0v) is 25.7. The number of aromatic nitrogens is 3. The number of hydrazine groups is 1. The van der Waals surface area contributed by atoms with Gasteiger partial charge >= 0.3 is 0 Å². The summed E-state index contributed by atoms with van der Waals surface area (Å²) < 4.78 is 38.9. The first-order valence-electron chi connectivity index (χ1n) is 13.9. The summed E-state index contributed by atoms with van der Waals surface area (Å²) in [5.41, 5.74) is 5.07. The van der Waals surface area contributed by atoms with Gasteiger partial charge in [0.15, 0.2) is 0 Å². The molecule has 1 aliphatic heterocycles. The second-order valence-electron chi connectivity index (χ2n) is 8.69. The fraction of sp³-hybridized carbons (Fsp3) is 0.400. The monoisotopic (exact) mass is 614 g/mol. The van der Waals surface area contributed by atoms with Gasteiger partial charge in [-0.05, 0) is 31.0 Å². The molecule has 10 nitrogen and oxygen atoms in total. The number of amides is 1. The standard InChI is InChI=1S/C26H24F2N6O4S.2C2H6/c1-37-15-7-8-34(23(35)9-15)21-11-16(17-10-19(24(27)28)29-13-20(17)38-2)18(12-30-21)25(36)31-26-33-32-22(39-26)6-5-14-3-4-14;2*1-2/h7-14,22,24,26,32-33H,3-4H2,1-2H3,(H,31,36);2*1-2H3. The van der Waals surface area contributed by atoms with E-state index < -0.39 is 29.1 Å². The van der Waals surface area contributed by atoms with Crippen molar-refractivity contribution in [3.63, 3.8) is 0 Å². The van der Waals surface area contributed by atoms with E-state index in [2.05, 4.69) is 38.0 Å². The highest BCUT2D eigenvalue weighted by Gasteiger charge is 2.28. The van der Waals surface area contributed by atoms with Gasteiger partial charge in [0.2, 0.25) is 0 Å². The van der Waals surface area contributed by atoms with Crippen LogP contribution in [0.4, 0.5) is 8.78 Å². The van der Waals surface area contributed by atoms with Crippen molar-refractivity contribution in [1.29, 1.82) is 0 Å². The van der Waals surface area contributed by atoms with Crippen LogP contribution in [0.15, 0.2) is 47.7 Å². The number of carbonyl (C=O) groups is 1. The zero-order chi connectivity index (χ0) is 31.5. The van der Waals surface area contributed by atoms with Gasteiger partial charge in [-0.2, -0.15) is 0 Å². The maximum atomic E-state index is 13.6. The van der Waals surface area contributed by atoms with Crippen molar-refractivity contribution in [1.82, 2.24) is 30.7 Å². The van der Waals surface area contributed by atoms with Crippen molar-refractivity contribution in [2.45, 2.75) is 57.8 Å². The Labute approximate surface area is 254 Å². The Bertz CT molecular complexity index is 1520. The van der Waals surface area contributed by atoms with Gasteiger partial charge in [0, 0.05) is 35.5 Å². The Hall–Kier alpha value is -3.99. The van der Waals surface area contributed by atoms with Gasteiger partial charge in [-0.15, -0.1) is 0 Å². The van der Waals surface area contributed by atoms with Crippen LogP contribution in [0.3, 0.4) is 0 Å². The van der Waals surface area contributed by atoms with E-state index >= 15 is 0 Å². The maximum Gasteiger partial charge on any atom is 0.280 e. The van der Waals surface area contributed by atoms with E-state index in [0.717, 1.165) is 18.9 Å². The van der Waals surface area contributed by atoms with Crippen LogP contribution in [-0.2, 0) is 0 Å². The minimum atomic E-state index is -2.85. The number of halogens is 2. The van der Waals surface area contributed by atoms with Crippen LogP contribution in [0.2, 0.25) is 0 Å². The van der Waals surface area contributed by atoms with Crippen LogP contribution in [0, 0.1) is 17.8 Å². The summed E-state index contributed by atoms with van der Waals surface area (Å²) in [5.74, 6) is 6.93. The minimum absolute atomic E-state index is 0.0833. The highest BCUT2D eigenvalue weighted by Crippen LogP contribution is 2.35. The first-order chi connectivity index (χ1) is 20.9. The fourth-order valence-corrected chi connectivity index (χ4v) is 4.68. The first kappa shape index (κ1) is 33.5. The van der Waals surface area contributed by atoms with Crippen molar-refractivity contribution in [3.8, 4) is 40.3 Å². The molecule has 1 amide bonds. The van der Waals surface area contributed by atoms with E-state index in [-0.39, 0.29) is 33.6 Å². The van der Waals surface area contributed by atoms with Crippen LogP contribution in [0.1, 0.15) is 63.0 Å².